The van der Waals surface area contributed by atoms with E-state index in [1.54, 1.807) is 30.4 Å². The molecule has 164 valence electrons. The Morgan fingerprint density at radius 3 is 2.75 bits per heavy atom. The molecule has 1 fully saturated rings. The highest BCUT2D eigenvalue weighted by Crippen LogP contribution is 2.36. The Morgan fingerprint density at radius 2 is 1.94 bits per heavy atom. The molecule has 7 nitrogen and oxygen atoms in total. The Balaban J connectivity index is 1.32. The van der Waals surface area contributed by atoms with Crippen LogP contribution in [-0.2, 0) is 9.59 Å². The molecule has 1 saturated heterocycles. The third-order valence-corrected chi connectivity index (χ3v) is 5.95. The molecule has 2 aromatic rings. The summed E-state index contributed by atoms with van der Waals surface area (Å²) in [4.78, 5) is 38.5. The van der Waals surface area contributed by atoms with E-state index >= 15 is 0 Å². The summed E-state index contributed by atoms with van der Waals surface area (Å²) in [5.74, 6) is 0.595. The van der Waals surface area contributed by atoms with E-state index in [1.165, 1.54) is 6.08 Å². The Bertz CT molecular complexity index is 1160. The zero-order valence-corrected chi connectivity index (χ0v) is 18.5. The number of rotatable bonds is 6. The fourth-order valence-corrected chi connectivity index (χ4v) is 4.24. The minimum Gasteiger partial charge on any atom is -0.454 e. The van der Waals surface area contributed by atoms with Crippen LogP contribution in [0.3, 0.4) is 0 Å². The lowest BCUT2D eigenvalue weighted by Gasteiger charge is -2.12. The van der Waals surface area contributed by atoms with Gasteiger partial charge in [-0.25, -0.2) is 0 Å². The number of imide groups is 1. The number of thioether (sulfide) groups is 1. The number of hydrogen-bond donors (Lipinski definition) is 1. The number of carbonyl (C=O) groups is 3. The SMILES string of the molecule is Cc1ccc(/C=C/C(=O)NCCN2C(=O)S/C(=C\c3ccc4c(c3)OCO4)C2=O)c(C)c1. The minimum absolute atomic E-state index is 0.103. The lowest BCUT2D eigenvalue weighted by molar-refractivity contribution is -0.123. The van der Waals surface area contributed by atoms with Crippen LogP contribution >= 0.6 is 11.8 Å². The first-order valence-corrected chi connectivity index (χ1v) is 10.9. The molecule has 1 N–H and O–H groups in total. The first-order chi connectivity index (χ1) is 15.4. The molecule has 0 aliphatic carbocycles. The van der Waals surface area contributed by atoms with Crippen LogP contribution in [0, 0.1) is 13.8 Å². The van der Waals surface area contributed by atoms with Gasteiger partial charge in [0, 0.05) is 19.2 Å². The zero-order valence-electron chi connectivity index (χ0n) is 17.7. The first-order valence-electron chi connectivity index (χ1n) is 10.1. The van der Waals surface area contributed by atoms with Crippen molar-refractivity contribution in [2.45, 2.75) is 13.8 Å². The van der Waals surface area contributed by atoms with Gasteiger partial charge in [0.2, 0.25) is 12.7 Å². The molecule has 0 bridgehead atoms. The summed E-state index contributed by atoms with van der Waals surface area (Å²) in [6, 6.07) is 11.3. The number of hydrogen-bond acceptors (Lipinski definition) is 6. The van der Waals surface area contributed by atoms with Crippen LogP contribution in [0.5, 0.6) is 11.5 Å². The third kappa shape index (κ3) is 4.86. The summed E-state index contributed by atoms with van der Waals surface area (Å²) in [5, 5.41) is 2.35. The van der Waals surface area contributed by atoms with Crippen molar-refractivity contribution >= 4 is 41.0 Å². The molecule has 8 heteroatoms. The number of fused-ring (bicyclic) bond motifs is 1. The van der Waals surface area contributed by atoms with Gasteiger partial charge in [0.05, 0.1) is 4.91 Å². The van der Waals surface area contributed by atoms with E-state index in [4.69, 9.17) is 9.47 Å². The maximum Gasteiger partial charge on any atom is 0.293 e. The molecule has 0 spiro atoms. The number of carbonyl (C=O) groups excluding carboxylic acids is 3. The summed E-state index contributed by atoms with van der Waals surface area (Å²) in [7, 11) is 0. The monoisotopic (exact) mass is 450 g/mol. The van der Waals surface area contributed by atoms with E-state index in [1.807, 2.05) is 26.0 Å². The quantitative estimate of drug-likeness (QED) is 0.672. The molecule has 2 aliphatic heterocycles. The van der Waals surface area contributed by atoms with Crippen molar-refractivity contribution in [3.8, 4) is 11.5 Å². The molecule has 0 atom stereocenters. The van der Waals surface area contributed by atoms with Crippen molar-refractivity contribution in [3.05, 3.63) is 69.6 Å². The summed E-state index contributed by atoms with van der Waals surface area (Å²) < 4.78 is 10.6. The molecule has 0 radical (unpaired) electrons. The van der Waals surface area contributed by atoms with Crippen molar-refractivity contribution in [2.24, 2.45) is 0 Å². The number of nitrogens with zero attached hydrogens (tertiary/aromatic N) is 1. The molecular weight excluding hydrogens is 428 g/mol. The maximum absolute atomic E-state index is 12.6. The topological polar surface area (TPSA) is 84.9 Å². The van der Waals surface area contributed by atoms with Gasteiger partial charge < -0.3 is 14.8 Å². The molecule has 2 heterocycles. The van der Waals surface area contributed by atoms with Gasteiger partial charge in [-0.15, -0.1) is 0 Å². The first kappa shape index (κ1) is 21.7. The fourth-order valence-electron chi connectivity index (χ4n) is 3.37. The van der Waals surface area contributed by atoms with Crippen LogP contribution in [-0.4, -0.2) is 41.8 Å². The zero-order chi connectivity index (χ0) is 22.7. The van der Waals surface area contributed by atoms with E-state index in [0.717, 1.165) is 38.9 Å². The van der Waals surface area contributed by atoms with Crippen LogP contribution in [0.4, 0.5) is 4.79 Å². The molecule has 2 aromatic carbocycles. The van der Waals surface area contributed by atoms with Gasteiger partial charge in [-0.2, -0.15) is 0 Å². The second kappa shape index (κ2) is 9.32. The number of ether oxygens (including phenoxy) is 2. The van der Waals surface area contributed by atoms with E-state index in [9.17, 15) is 14.4 Å². The summed E-state index contributed by atoms with van der Waals surface area (Å²) in [5.41, 5.74) is 3.95. The van der Waals surface area contributed by atoms with Crippen molar-refractivity contribution in [2.75, 3.05) is 19.9 Å². The average Bonchev–Trinajstić information content (AvgIpc) is 3.32. The largest absolute Gasteiger partial charge is 0.454 e. The van der Waals surface area contributed by atoms with E-state index in [0.29, 0.717) is 16.4 Å². The molecule has 0 unspecified atom stereocenters. The van der Waals surface area contributed by atoms with Crippen molar-refractivity contribution in [1.29, 1.82) is 0 Å². The van der Waals surface area contributed by atoms with Gasteiger partial charge in [0.15, 0.2) is 11.5 Å². The second-order valence-corrected chi connectivity index (χ2v) is 8.42. The number of benzene rings is 2. The van der Waals surface area contributed by atoms with Gasteiger partial charge in [-0.05, 0) is 66.6 Å². The molecule has 0 saturated carbocycles. The van der Waals surface area contributed by atoms with Gasteiger partial charge in [-0.3, -0.25) is 19.3 Å². The maximum atomic E-state index is 12.6. The fraction of sp³-hybridized carbons (Fsp3) is 0.208. The van der Waals surface area contributed by atoms with Crippen LogP contribution in [0.2, 0.25) is 0 Å². The van der Waals surface area contributed by atoms with Crippen LogP contribution in [0.15, 0.2) is 47.4 Å². The van der Waals surface area contributed by atoms with E-state index < -0.39 is 0 Å². The van der Waals surface area contributed by atoms with Crippen molar-refractivity contribution in [3.63, 3.8) is 0 Å². The summed E-state index contributed by atoms with van der Waals surface area (Å²) in [6.45, 7) is 4.45. The molecule has 2 aliphatic rings. The predicted octanol–water partition coefficient (Wildman–Crippen LogP) is 3.90. The van der Waals surface area contributed by atoms with E-state index in [-0.39, 0.29) is 36.9 Å². The normalized spacial score (nSPS) is 16.4. The Labute approximate surface area is 190 Å². The average molecular weight is 451 g/mol. The van der Waals surface area contributed by atoms with Gasteiger partial charge >= 0.3 is 0 Å². The van der Waals surface area contributed by atoms with Gasteiger partial charge in [0.1, 0.15) is 0 Å². The highest BCUT2D eigenvalue weighted by molar-refractivity contribution is 8.18. The lowest BCUT2D eigenvalue weighted by Crippen LogP contribution is -2.36. The summed E-state index contributed by atoms with van der Waals surface area (Å²) in [6.07, 6.45) is 4.85. The molecular formula is C24H22N2O5S. The minimum atomic E-state index is -0.377. The molecule has 0 aromatic heterocycles. The molecule has 32 heavy (non-hydrogen) atoms. The van der Waals surface area contributed by atoms with Gasteiger partial charge in [0.25, 0.3) is 11.1 Å². The Hall–Kier alpha value is -3.52. The second-order valence-electron chi connectivity index (χ2n) is 7.43. The van der Waals surface area contributed by atoms with Crippen LogP contribution < -0.4 is 14.8 Å². The number of aryl methyl sites for hydroxylation is 2. The summed E-state index contributed by atoms with van der Waals surface area (Å²) >= 11 is 0.879. The Morgan fingerprint density at radius 1 is 1.12 bits per heavy atom. The highest BCUT2D eigenvalue weighted by atomic mass is 32.2. The molecule has 3 amide bonds. The van der Waals surface area contributed by atoms with Crippen molar-refractivity contribution < 1.29 is 23.9 Å². The predicted molar refractivity (Wildman–Crippen MR) is 123 cm³/mol. The number of amides is 3. The van der Waals surface area contributed by atoms with Crippen LogP contribution in [0.25, 0.3) is 12.2 Å². The van der Waals surface area contributed by atoms with Crippen LogP contribution in [0.1, 0.15) is 22.3 Å². The van der Waals surface area contributed by atoms with E-state index in [2.05, 4.69) is 11.4 Å². The lowest BCUT2D eigenvalue weighted by atomic mass is 10.1. The standard InChI is InChI=1S/C24H22N2O5S/c1-15-3-5-18(16(2)11-15)6-8-22(27)25-9-10-26-23(28)21(32-24(26)29)13-17-4-7-19-20(12-17)31-14-30-19/h3-8,11-13H,9-10,14H2,1-2H3,(H,25,27)/b8-6+,21-13-. The molecule has 4 rings (SSSR count). The third-order valence-electron chi connectivity index (χ3n) is 5.04. The van der Waals surface area contributed by atoms with Gasteiger partial charge in [-0.1, -0.05) is 29.8 Å². The smallest absolute Gasteiger partial charge is 0.293 e. The number of nitrogens with one attached hydrogen (secondary N) is 1. The highest BCUT2D eigenvalue weighted by Gasteiger charge is 2.34. The Kier molecular flexibility index (Phi) is 6.32. The van der Waals surface area contributed by atoms with Crippen molar-refractivity contribution in [1.82, 2.24) is 10.2 Å².